The third kappa shape index (κ3) is 3.30. The van der Waals surface area contributed by atoms with Crippen LogP contribution >= 0.6 is 11.6 Å². The molecule has 0 aliphatic heterocycles. The summed E-state index contributed by atoms with van der Waals surface area (Å²) in [5.41, 5.74) is 2.37. The van der Waals surface area contributed by atoms with Gasteiger partial charge in [-0.15, -0.1) is 11.6 Å². The van der Waals surface area contributed by atoms with Gasteiger partial charge in [0, 0.05) is 17.7 Å². The van der Waals surface area contributed by atoms with Gasteiger partial charge in [0.05, 0.1) is 18.7 Å². The average molecular weight is 306 g/mol. The number of para-hydroxylation sites is 1. The smallest absolute Gasteiger partial charge is 0.255 e. The Balaban J connectivity index is 2.68. The van der Waals surface area contributed by atoms with Gasteiger partial charge >= 0.3 is 0 Å². The van der Waals surface area contributed by atoms with Crippen LogP contribution in [-0.4, -0.2) is 11.7 Å². The number of hydrogen-bond acceptors (Lipinski definition) is 2. The number of aromatic nitrogens is 1. The minimum Gasteiger partial charge on any atom is -0.496 e. The zero-order valence-corrected chi connectivity index (χ0v) is 13.4. The number of alkyl halides is 1. The molecule has 0 saturated carbocycles. The van der Waals surface area contributed by atoms with Crippen LogP contribution < -0.4 is 10.3 Å². The molecule has 0 aliphatic carbocycles. The first-order valence-corrected chi connectivity index (χ1v) is 7.54. The van der Waals surface area contributed by atoms with E-state index in [0.29, 0.717) is 18.0 Å². The zero-order valence-electron chi connectivity index (χ0n) is 12.6. The molecule has 0 atom stereocenters. The lowest BCUT2D eigenvalue weighted by molar-refractivity contribution is 0.415. The number of halogens is 1. The molecule has 1 heterocycles. The van der Waals surface area contributed by atoms with E-state index in [2.05, 4.69) is 13.8 Å². The van der Waals surface area contributed by atoms with Crippen LogP contribution in [0.3, 0.4) is 0 Å². The first-order valence-electron chi connectivity index (χ1n) is 7.00. The summed E-state index contributed by atoms with van der Waals surface area (Å²) < 4.78 is 7.21. The molecule has 1 aromatic carbocycles. The molecule has 0 fully saturated rings. The van der Waals surface area contributed by atoms with E-state index < -0.39 is 0 Å². The van der Waals surface area contributed by atoms with Crippen LogP contribution in [0.1, 0.15) is 19.4 Å². The second-order valence-corrected chi connectivity index (χ2v) is 5.65. The normalized spacial score (nSPS) is 10.9. The van der Waals surface area contributed by atoms with E-state index >= 15 is 0 Å². The lowest BCUT2D eigenvalue weighted by Crippen LogP contribution is -2.26. The van der Waals surface area contributed by atoms with Crippen LogP contribution in [0.25, 0.3) is 11.3 Å². The first-order chi connectivity index (χ1) is 10.1. The third-order valence-corrected chi connectivity index (χ3v) is 3.62. The van der Waals surface area contributed by atoms with E-state index in [1.807, 2.05) is 30.3 Å². The fraction of sp³-hybridized carbons (Fsp3) is 0.353. The van der Waals surface area contributed by atoms with Crippen molar-refractivity contribution in [1.29, 1.82) is 0 Å². The van der Waals surface area contributed by atoms with Gasteiger partial charge in [-0.25, -0.2) is 0 Å². The summed E-state index contributed by atoms with van der Waals surface area (Å²) >= 11 is 5.86. The SMILES string of the molecule is COc1ccccc1-c1ccc(CCl)c(=O)n1CC(C)C. The topological polar surface area (TPSA) is 31.2 Å². The van der Waals surface area contributed by atoms with Gasteiger partial charge in [0.1, 0.15) is 5.75 Å². The molecular weight excluding hydrogens is 286 g/mol. The van der Waals surface area contributed by atoms with Crippen LogP contribution in [0.15, 0.2) is 41.2 Å². The van der Waals surface area contributed by atoms with Gasteiger partial charge in [-0.3, -0.25) is 4.79 Å². The summed E-state index contributed by atoms with van der Waals surface area (Å²) in [6, 6.07) is 11.5. The first kappa shape index (κ1) is 15.6. The number of ether oxygens (including phenoxy) is 1. The quantitative estimate of drug-likeness (QED) is 0.784. The van der Waals surface area contributed by atoms with E-state index in [1.165, 1.54) is 0 Å². The van der Waals surface area contributed by atoms with Crippen molar-refractivity contribution in [2.75, 3.05) is 7.11 Å². The maximum Gasteiger partial charge on any atom is 0.255 e. The van der Waals surface area contributed by atoms with Crippen molar-refractivity contribution < 1.29 is 4.74 Å². The molecule has 0 spiro atoms. The van der Waals surface area contributed by atoms with E-state index in [9.17, 15) is 4.79 Å². The monoisotopic (exact) mass is 305 g/mol. The Morgan fingerprint density at radius 2 is 1.90 bits per heavy atom. The standard InChI is InChI=1S/C17H20ClNO2/c1-12(2)11-19-15(9-8-13(10-18)17(19)20)14-6-4-5-7-16(14)21-3/h4-9,12H,10-11H2,1-3H3. The van der Waals surface area contributed by atoms with Gasteiger partial charge in [0.2, 0.25) is 0 Å². The number of methoxy groups -OCH3 is 1. The Labute approximate surface area is 130 Å². The van der Waals surface area contributed by atoms with Gasteiger partial charge in [-0.1, -0.05) is 32.0 Å². The molecule has 21 heavy (non-hydrogen) atoms. The number of nitrogens with zero attached hydrogens (tertiary/aromatic N) is 1. The number of hydrogen-bond donors (Lipinski definition) is 0. The lowest BCUT2D eigenvalue weighted by atomic mass is 10.1. The molecule has 0 aliphatic rings. The average Bonchev–Trinajstić information content (AvgIpc) is 2.49. The van der Waals surface area contributed by atoms with Crippen LogP contribution in [0.2, 0.25) is 0 Å². The van der Waals surface area contributed by atoms with E-state index in [-0.39, 0.29) is 11.4 Å². The number of benzene rings is 1. The van der Waals surface area contributed by atoms with Crippen molar-refractivity contribution in [3.05, 3.63) is 52.3 Å². The van der Waals surface area contributed by atoms with Crippen molar-refractivity contribution in [1.82, 2.24) is 4.57 Å². The Kier molecular flexibility index (Phi) is 5.07. The third-order valence-electron chi connectivity index (χ3n) is 3.33. The van der Waals surface area contributed by atoms with Crippen molar-refractivity contribution in [3.63, 3.8) is 0 Å². The number of pyridine rings is 1. The van der Waals surface area contributed by atoms with Gasteiger partial charge < -0.3 is 9.30 Å². The molecule has 2 aromatic rings. The Morgan fingerprint density at radius 3 is 2.52 bits per heavy atom. The molecular formula is C17H20ClNO2. The van der Waals surface area contributed by atoms with E-state index in [1.54, 1.807) is 17.7 Å². The molecule has 4 heteroatoms. The fourth-order valence-electron chi connectivity index (χ4n) is 2.36. The molecule has 2 rings (SSSR count). The van der Waals surface area contributed by atoms with Gasteiger partial charge in [0.15, 0.2) is 0 Å². The summed E-state index contributed by atoms with van der Waals surface area (Å²) in [6.45, 7) is 4.83. The molecule has 0 bridgehead atoms. The molecule has 0 unspecified atom stereocenters. The van der Waals surface area contributed by atoms with Crippen LogP contribution in [-0.2, 0) is 12.4 Å². The summed E-state index contributed by atoms with van der Waals surface area (Å²) in [7, 11) is 1.64. The highest BCUT2D eigenvalue weighted by molar-refractivity contribution is 6.17. The summed E-state index contributed by atoms with van der Waals surface area (Å²) in [5.74, 6) is 1.35. The molecule has 0 saturated heterocycles. The fourth-order valence-corrected chi connectivity index (χ4v) is 2.57. The van der Waals surface area contributed by atoms with E-state index in [4.69, 9.17) is 16.3 Å². The number of rotatable bonds is 5. The predicted molar refractivity (Wildman–Crippen MR) is 87.1 cm³/mol. The summed E-state index contributed by atoms with van der Waals surface area (Å²) in [4.78, 5) is 12.6. The maximum atomic E-state index is 12.6. The molecule has 3 nitrogen and oxygen atoms in total. The highest BCUT2D eigenvalue weighted by atomic mass is 35.5. The second-order valence-electron chi connectivity index (χ2n) is 5.39. The van der Waals surface area contributed by atoms with Crippen LogP contribution in [0.4, 0.5) is 0 Å². The Morgan fingerprint density at radius 1 is 1.19 bits per heavy atom. The van der Waals surface area contributed by atoms with Crippen molar-refractivity contribution in [3.8, 4) is 17.0 Å². The second kappa shape index (κ2) is 6.81. The van der Waals surface area contributed by atoms with Crippen molar-refractivity contribution in [2.24, 2.45) is 5.92 Å². The molecule has 112 valence electrons. The Bertz CT molecular complexity index is 677. The summed E-state index contributed by atoms with van der Waals surface area (Å²) in [6.07, 6.45) is 0. The van der Waals surface area contributed by atoms with Gasteiger partial charge in [-0.05, 0) is 24.1 Å². The van der Waals surface area contributed by atoms with Crippen LogP contribution in [0.5, 0.6) is 5.75 Å². The molecule has 1 aromatic heterocycles. The lowest BCUT2D eigenvalue weighted by Gasteiger charge is -2.18. The minimum absolute atomic E-state index is 0.0258. The highest BCUT2D eigenvalue weighted by Crippen LogP contribution is 2.29. The predicted octanol–water partition coefficient (Wildman–Crippen LogP) is 3.92. The van der Waals surface area contributed by atoms with Crippen LogP contribution in [0, 0.1) is 5.92 Å². The molecule has 0 radical (unpaired) electrons. The van der Waals surface area contributed by atoms with Gasteiger partial charge in [0.25, 0.3) is 5.56 Å². The molecule has 0 amide bonds. The van der Waals surface area contributed by atoms with Crippen molar-refractivity contribution >= 4 is 11.6 Å². The Hall–Kier alpha value is -1.74. The zero-order chi connectivity index (χ0) is 15.4. The largest absolute Gasteiger partial charge is 0.496 e. The van der Waals surface area contributed by atoms with Gasteiger partial charge in [-0.2, -0.15) is 0 Å². The highest BCUT2D eigenvalue weighted by Gasteiger charge is 2.14. The van der Waals surface area contributed by atoms with E-state index in [0.717, 1.165) is 17.0 Å². The van der Waals surface area contributed by atoms with Crippen molar-refractivity contribution in [2.45, 2.75) is 26.3 Å². The summed E-state index contributed by atoms with van der Waals surface area (Å²) in [5, 5.41) is 0. The maximum absolute atomic E-state index is 12.6. The molecule has 0 N–H and O–H groups in total. The minimum atomic E-state index is -0.0258.